The maximum atomic E-state index is 12.1. The van der Waals surface area contributed by atoms with Gasteiger partial charge in [0.1, 0.15) is 4.88 Å². The fourth-order valence-electron chi connectivity index (χ4n) is 1.96. The van der Waals surface area contributed by atoms with E-state index < -0.39 is 0 Å². The Morgan fingerprint density at radius 3 is 2.89 bits per heavy atom. The van der Waals surface area contributed by atoms with Gasteiger partial charge in [-0.1, -0.05) is 41.8 Å². The largest absolute Gasteiger partial charge is 0.397 e. The highest BCUT2D eigenvalue weighted by molar-refractivity contribution is 9.10. The van der Waals surface area contributed by atoms with Crippen LogP contribution < -0.4 is 11.1 Å². The summed E-state index contributed by atoms with van der Waals surface area (Å²) in [6.45, 7) is 2.85. The number of anilines is 1. The molecule has 0 saturated heterocycles. The molecule has 3 N–H and O–H groups in total. The highest BCUT2D eigenvalue weighted by Gasteiger charge is 2.17. The average molecular weight is 341 g/mol. The Morgan fingerprint density at radius 1 is 1.42 bits per heavy atom. The van der Waals surface area contributed by atoms with Gasteiger partial charge in [-0.05, 0) is 18.6 Å². The van der Waals surface area contributed by atoms with E-state index >= 15 is 0 Å². The van der Waals surface area contributed by atoms with Gasteiger partial charge in [-0.3, -0.25) is 4.79 Å². The third-order valence-electron chi connectivity index (χ3n) is 2.97. The first-order valence-electron chi connectivity index (χ1n) is 6.39. The number of unbranched alkanes of at least 4 members (excludes halogenated alkanes) is 2. The summed E-state index contributed by atoms with van der Waals surface area (Å²) in [5.41, 5.74) is 6.66. The summed E-state index contributed by atoms with van der Waals surface area (Å²) in [5.74, 6) is -0.0679. The minimum absolute atomic E-state index is 0.0679. The summed E-state index contributed by atoms with van der Waals surface area (Å²) >= 11 is 4.92. The molecule has 0 unspecified atom stereocenters. The van der Waals surface area contributed by atoms with Crippen LogP contribution in [0.1, 0.15) is 35.9 Å². The highest BCUT2D eigenvalue weighted by atomic mass is 79.9. The molecule has 2 rings (SSSR count). The zero-order valence-electron chi connectivity index (χ0n) is 10.8. The van der Waals surface area contributed by atoms with Gasteiger partial charge >= 0.3 is 0 Å². The zero-order chi connectivity index (χ0) is 13.8. The maximum Gasteiger partial charge on any atom is 0.263 e. The van der Waals surface area contributed by atoms with Crippen molar-refractivity contribution in [3.8, 4) is 0 Å². The zero-order valence-corrected chi connectivity index (χ0v) is 13.2. The molecule has 0 radical (unpaired) electrons. The minimum Gasteiger partial charge on any atom is -0.397 e. The fraction of sp³-hybridized carbons (Fsp3) is 0.357. The molecule has 0 aliphatic carbocycles. The van der Waals surface area contributed by atoms with E-state index in [1.807, 2.05) is 18.2 Å². The molecule has 1 aromatic carbocycles. The molecule has 1 heterocycles. The van der Waals surface area contributed by atoms with Gasteiger partial charge in [0.2, 0.25) is 0 Å². The van der Waals surface area contributed by atoms with E-state index in [9.17, 15) is 4.79 Å². The van der Waals surface area contributed by atoms with Gasteiger partial charge in [0, 0.05) is 21.1 Å². The molecule has 0 atom stereocenters. The van der Waals surface area contributed by atoms with Crippen molar-refractivity contribution < 1.29 is 4.79 Å². The number of hydrogen-bond acceptors (Lipinski definition) is 3. The number of fused-ring (bicyclic) bond motifs is 1. The minimum atomic E-state index is -0.0679. The van der Waals surface area contributed by atoms with Crippen LogP contribution in [0.3, 0.4) is 0 Å². The van der Waals surface area contributed by atoms with Crippen LogP contribution in [0.2, 0.25) is 0 Å². The van der Waals surface area contributed by atoms with Crippen LogP contribution in [0.15, 0.2) is 22.7 Å². The second kappa shape index (κ2) is 6.39. The van der Waals surface area contributed by atoms with Crippen molar-refractivity contribution >= 4 is 48.9 Å². The molecule has 1 aromatic heterocycles. The predicted molar refractivity (Wildman–Crippen MR) is 85.8 cm³/mol. The van der Waals surface area contributed by atoms with Gasteiger partial charge in [0.25, 0.3) is 5.91 Å². The molecule has 102 valence electrons. The number of nitrogens with one attached hydrogen (secondary N) is 1. The Kier molecular flexibility index (Phi) is 4.82. The summed E-state index contributed by atoms with van der Waals surface area (Å²) in [6.07, 6.45) is 3.29. The Morgan fingerprint density at radius 2 is 2.21 bits per heavy atom. The smallest absolute Gasteiger partial charge is 0.263 e. The van der Waals surface area contributed by atoms with Crippen molar-refractivity contribution in [1.29, 1.82) is 0 Å². The maximum absolute atomic E-state index is 12.1. The van der Waals surface area contributed by atoms with Crippen molar-refractivity contribution in [2.24, 2.45) is 0 Å². The second-order valence-electron chi connectivity index (χ2n) is 4.42. The standard InChI is InChI=1S/C14H17BrN2OS/c1-2-3-4-8-17-14(18)13-12(16)11-9(15)6-5-7-10(11)19-13/h5-7H,2-4,8,16H2,1H3,(H,17,18). The number of halogens is 1. The Balaban J connectivity index is 2.18. The van der Waals surface area contributed by atoms with Crippen LogP contribution in [0, 0.1) is 0 Å². The SMILES string of the molecule is CCCCCNC(=O)c1sc2cccc(Br)c2c1N. The van der Waals surface area contributed by atoms with Crippen molar-refractivity contribution in [1.82, 2.24) is 5.32 Å². The number of hydrogen-bond donors (Lipinski definition) is 2. The monoisotopic (exact) mass is 340 g/mol. The van der Waals surface area contributed by atoms with Crippen molar-refractivity contribution in [3.63, 3.8) is 0 Å². The van der Waals surface area contributed by atoms with Gasteiger partial charge in [-0.25, -0.2) is 0 Å². The van der Waals surface area contributed by atoms with Gasteiger partial charge in [0.05, 0.1) is 5.69 Å². The summed E-state index contributed by atoms with van der Waals surface area (Å²) in [6, 6.07) is 5.87. The summed E-state index contributed by atoms with van der Waals surface area (Å²) in [4.78, 5) is 12.7. The number of amides is 1. The molecule has 3 nitrogen and oxygen atoms in total. The summed E-state index contributed by atoms with van der Waals surface area (Å²) < 4.78 is 1.97. The summed E-state index contributed by atoms with van der Waals surface area (Å²) in [5, 5.41) is 3.87. The van der Waals surface area contributed by atoms with Crippen LogP contribution in [0.4, 0.5) is 5.69 Å². The number of rotatable bonds is 5. The van der Waals surface area contributed by atoms with Crippen molar-refractivity contribution in [2.75, 3.05) is 12.3 Å². The van der Waals surface area contributed by atoms with E-state index in [-0.39, 0.29) is 5.91 Å². The molecule has 0 spiro atoms. The molecule has 1 amide bonds. The summed E-state index contributed by atoms with van der Waals surface area (Å²) in [7, 11) is 0. The predicted octanol–water partition coefficient (Wildman–Crippen LogP) is 4.17. The molecule has 0 fully saturated rings. The third-order valence-corrected chi connectivity index (χ3v) is 4.80. The first-order valence-corrected chi connectivity index (χ1v) is 8.00. The lowest BCUT2D eigenvalue weighted by Crippen LogP contribution is -2.24. The van der Waals surface area contributed by atoms with Gasteiger partial charge in [0.15, 0.2) is 0 Å². The Hall–Kier alpha value is -1.07. The molecule has 0 aliphatic heterocycles. The number of carbonyl (C=O) groups excluding carboxylic acids is 1. The topological polar surface area (TPSA) is 55.1 Å². The number of nitrogen functional groups attached to an aromatic ring is 1. The van der Waals surface area contributed by atoms with Gasteiger partial charge < -0.3 is 11.1 Å². The van der Waals surface area contributed by atoms with E-state index in [2.05, 4.69) is 28.2 Å². The first kappa shape index (κ1) is 14.3. The highest BCUT2D eigenvalue weighted by Crippen LogP contribution is 2.37. The normalized spacial score (nSPS) is 10.8. The van der Waals surface area contributed by atoms with E-state index in [0.29, 0.717) is 17.1 Å². The average Bonchev–Trinajstić information content (AvgIpc) is 2.73. The molecule has 2 aromatic rings. The van der Waals surface area contributed by atoms with Crippen molar-refractivity contribution in [2.45, 2.75) is 26.2 Å². The Bertz CT molecular complexity index is 594. The van der Waals surface area contributed by atoms with Crippen LogP contribution in [0.25, 0.3) is 10.1 Å². The van der Waals surface area contributed by atoms with E-state index in [1.54, 1.807) is 0 Å². The molecule has 0 bridgehead atoms. The van der Waals surface area contributed by atoms with E-state index in [4.69, 9.17) is 5.73 Å². The van der Waals surface area contributed by atoms with Crippen LogP contribution in [-0.2, 0) is 0 Å². The van der Waals surface area contributed by atoms with E-state index in [1.165, 1.54) is 11.3 Å². The lowest BCUT2D eigenvalue weighted by molar-refractivity contribution is 0.0958. The van der Waals surface area contributed by atoms with Crippen LogP contribution in [-0.4, -0.2) is 12.5 Å². The molecular formula is C14H17BrN2OS. The number of thiophene rings is 1. The Labute approximate surface area is 125 Å². The third kappa shape index (κ3) is 3.09. The number of carbonyl (C=O) groups is 1. The molecule has 5 heteroatoms. The lowest BCUT2D eigenvalue weighted by atomic mass is 10.2. The van der Waals surface area contributed by atoms with Gasteiger partial charge in [-0.2, -0.15) is 0 Å². The van der Waals surface area contributed by atoms with Crippen LogP contribution in [0.5, 0.6) is 0 Å². The quantitative estimate of drug-likeness (QED) is 0.802. The first-order chi connectivity index (χ1) is 9.15. The molecular weight excluding hydrogens is 324 g/mol. The molecule has 19 heavy (non-hydrogen) atoms. The second-order valence-corrected chi connectivity index (χ2v) is 6.33. The number of nitrogens with two attached hydrogens (primary N) is 1. The van der Waals surface area contributed by atoms with Crippen LogP contribution >= 0.6 is 27.3 Å². The fourth-order valence-corrected chi connectivity index (χ4v) is 3.73. The van der Waals surface area contributed by atoms with Gasteiger partial charge in [-0.15, -0.1) is 11.3 Å². The van der Waals surface area contributed by atoms with E-state index in [0.717, 1.165) is 33.8 Å². The lowest BCUT2D eigenvalue weighted by Gasteiger charge is -2.03. The number of benzene rings is 1. The van der Waals surface area contributed by atoms with Crippen molar-refractivity contribution in [3.05, 3.63) is 27.5 Å². The molecule has 0 saturated carbocycles. The molecule has 0 aliphatic rings.